The number of aromatic amines is 1. The molecule has 0 aliphatic rings. The molecule has 0 aliphatic carbocycles. The molecule has 8 heteroatoms. The van der Waals surface area contributed by atoms with Gasteiger partial charge in [-0.15, -0.1) is 10.2 Å². The number of nitrogens with zero attached hydrogens (tertiary/aromatic N) is 4. The van der Waals surface area contributed by atoms with Crippen LogP contribution in [0.2, 0.25) is 0 Å². The lowest BCUT2D eigenvalue weighted by molar-refractivity contribution is 0.101. The van der Waals surface area contributed by atoms with Gasteiger partial charge in [0.15, 0.2) is 10.9 Å². The van der Waals surface area contributed by atoms with Crippen molar-refractivity contribution in [2.24, 2.45) is 0 Å². The summed E-state index contributed by atoms with van der Waals surface area (Å²) in [6.45, 7) is 0.387. The fourth-order valence-corrected chi connectivity index (χ4v) is 4.27. The number of para-hydroxylation sites is 1. The first-order chi connectivity index (χ1) is 14.7. The predicted molar refractivity (Wildman–Crippen MR) is 116 cm³/mol. The number of Topliss-reactive ketones (excluding diaryl/α,β-unsaturated/α-hetero) is 1. The second-order valence-corrected chi connectivity index (χ2v) is 7.75. The van der Waals surface area contributed by atoms with Gasteiger partial charge >= 0.3 is 0 Å². The Balaban J connectivity index is 1.61. The van der Waals surface area contributed by atoms with E-state index in [9.17, 15) is 9.59 Å². The fourth-order valence-electron chi connectivity index (χ4n) is 3.45. The summed E-state index contributed by atoms with van der Waals surface area (Å²) in [5, 5.41) is 9.75. The Kier molecular flexibility index (Phi) is 4.68. The Morgan fingerprint density at radius 3 is 2.57 bits per heavy atom. The van der Waals surface area contributed by atoms with Crippen molar-refractivity contribution in [3.8, 4) is 0 Å². The molecule has 0 bridgehead atoms. The predicted octanol–water partition coefficient (Wildman–Crippen LogP) is 3.40. The van der Waals surface area contributed by atoms with Crippen molar-refractivity contribution in [2.75, 3.05) is 5.75 Å². The summed E-state index contributed by atoms with van der Waals surface area (Å²) >= 11 is 1.30. The highest BCUT2D eigenvalue weighted by molar-refractivity contribution is 7.99. The van der Waals surface area contributed by atoms with Gasteiger partial charge in [0.2, 0.25) is 5.78 Å². The number of fused-ring (bicyclic) bond motifs is 3. The number of carbonyl (C=O) groups is 1. The Hall–Kier alpha value is -3.65. The first-order valence-electron chi connectivity index (χ1n) is 9.42. The molecule has 3 heterocycles. The number of thioether (sulfide) groups is 1. The number of ketones is 1. The van der Waals surface area contributed by atoms with Gasteiger partial charge in [0, 0.05) is 6.20 Å². The highest BCUT2D eigenvalue weighted by Crippen LogP contribution is 2.22. The van der Waals surface area contributed by atoms with E-state index >= 15 is 0 Å². The van der Waals surface area contributed by atoms with Crippen molar-refractivity contribution in [1.82, 2.24) is 24.1 Å². The fraction of sp³-hybridized carbons (Fsp3) is 0.0909. The van der Waals surface area contributed by atoms with Gasteiger partial charge < -0.3 is 4.98 Å². The smallest absolute Gasteiger partial charge is 0.263 e. The maximum atomic E-state index is 13.2. The first-order valence-corrected chi connectivity index (χ1v) is 10.4. The Bertz CT molecular complexity index is 1400. The molecule has 0 aliphatic heterocycles. The van der Waals surface area contributed by atoms with E-state index < -0.39 is 0 Å². The van der Waals surface area contributed by atoms with E-state index in [1.165, 1.54) is 11.8 Å². The van der Waals surface area contributed by atoms with E-state index in [1.807, 2.05) is 52.9 Å². The molecule has 0 fully saturated rings. The molecule has 7 nitrogen and oxygen atoms in total. The summed E-state index contributed by atoms with van der Waals surface area (Å²) < 4.78 is 3.48. The molecule has 0 radical (unpaired) electrons. The SMILES string of the molecule is O=C(CSc1nnc2n(Cc3ccccc3)c(=O)c3ccccc3n12)c1ccc[nH]1. The lowest BCUT2D eigenvalue weighted by atomic mass is 10.2. The summed E-state index contributed by atoms with van der Waals surface area (Å²) in [6.07, 6.45) is 1.72. The lowest BCUT2D eigenvalue weighted by Gasteiger charge is -2.11. The van der Waals surface area contributed by atoms with Gasteiger partial charge in [-0.3, -0.25) is 18.6 Å². The molecule has 0 unspecified atom stereocenters. The molecule has 5 rings (SSSR count). The minimum atomic E-state index is -0.117. The van der Waals surface area contributed by atoms with Crippen molar-refractivity contribution < 1.29 is 4.79 Å². The molecular formula is C22H17N5O2S. The zero-order valence-electron chi connectivity index (χ0n) is 15.9. The van der Waals surface area contributed by atoms with Gasteiger partial charge in [0.25, 0.3) is 5.56 Å². The number of benzene rings is 2. The quantitative estimate of drug-likeness (QED) is 0.339. The number of nitrogens with one attached hydrogen (secondary N) is 1. The Labute approximate surface area is 175 Å². The minimum absolute atomic E-state index is 0.0244. The summed E-state index contributed by atoms with van der Waals surface area (Å²) in [4.78, 5) is 28.5. The molecular weight excluding hydrogens is 398 g/mol. The van der Waals surface area contributed by atoms with Crippen LogP contribution in [-0.4, -0.2) is 35.7 Å². The molecule has 0 spiro atoms. The van der Waals surface area contributed by atoms with Crippen LogP contribution in [0.3, 0.4) is 0 Å². The molecule has 5 aromatic rings. The van der Waals surface area contributed by atoms with Crippen molar-refractivity contribution in [3.63, 3.8) is 0 Å². The topological polar surface area (TPSA) is 85.0 Å². The second kappa shape index (κ2) is 7.64. The average molecular weight is 415 g/mol. The van der Waals surface area contributed by atoms with Crippen LogP contribution < -0.4 is 5.56 Å². The number of carbonyl (C=O) groups excluding carboxylic acids is 1. The van der Waals surface area contributed by atoms with Gasteiger partial charge in [-0.25, -0.2) is 0 Å². The van der Waals surface area contributed by atoms with Crippen LogP contribution in [0.4, 0.5) is 0 Å². The number of aromatic nitrogens is 5. The second-order valence-electron chi connectivity index (χ2n) is 6.81. The standard InChI is InChI=1S/C22H17N5O2S/c28-19(17-10-6-12-23-17)14-30-22-25-24-21-26(13-15-7-2-1-3-8-15)20(29)16-9-4-5-11-18(16)27(21)22/h1-12,23H,13-14H2. The normalized spacial score (nSPS) is 11.3. The van der Waals surface area contributed by atoms with Crippen molar-refractivity contribution in [1.29, 1.82) is 0 Å². The largest absolute Gasteiger partial charge is 0.359 e. The maximum absolute atomic E-state index is 13.2. The van der Waals surface area contributed by atoms with Gasteiger partial charge in [-0.1, -0.05) is 54.2 Å². The number of H-pyrrole nitrogens is 1. The molecule has 0 saturated carbocycles. The van der Waals surface area contributed by atoms with E-state index in [0.29, 0.717) is 28.6 Å². The average Bonchev–Trinajstić information content (AvgIpc) is 3.46. The minimum Gasteiger partial charge on any atom is -0.359 e. The summed E-state index contributed by atoms with van der Waals surface area (Å²) in [5.74, 6) is 0.647. The van der Waals surface area contributed by atoms with Gasteiger partial charge in [-0.2, -0.15) is 0 Å². The third-order valence-electron chi connectivity index (χ3n) is 4.89. The third kappa shape index (κ3) is 3.21. The van der Waals surface area contributed by atoms with E-state index in [4.69, 9.17) is 0 Å². The molecule has 0 amide bonds. The van der Waals surface area contributed by atoms with Crippen LogP contribution >= 0.6 is 11.8 Å². The highest BCUT2D eigenvalue weighted by Gasteiger charge is 2.18. The van der Waals surface area contributed by atoms with E-state index in [2.05, 4.69) is 15.2 Å². The van der Waals surface area contributed by atoms with Crippen LogP contribution in [0.1, 0.15) is 16.1 Å². The molecule has 0 atom stereocenters. The zero-order chi connectivity index (χ0) is 20.5. The van der Waals surface area contributed by atoms with E-state index in [0.717, 1.165) is 11.1 Å². The molecule has 1 N–H and O–H groups in total. The van der Waals surface area contributed by atoms with Crippen LogP contribution in [0.5, 0.6) is 0 Å². The summed E-state index contributed by atoms with van der Waals surface area (Å²) in [5.41, 5.74) is 2.16. The van der Waals surface area contributed by atoms with Crippen LogP contribution in [0.25, 0.3) is 16.7 Å². The monoisotopic (exact) mass is 415 g/mol. The number of hydrogen-bond acceptors (Lipinski definition) is 5. The summed E-state index contributed by atoms with van der Waals surface area (Å²) in [6, 6.07) is 20.7. The Morgan fingerprint density at radius 1 is 0.967 bits per heavy atom. The van der Waals surface area contributed by atoms with Crippen LogP contribution in [0, 0.1) is 0 Å². The molecule has 148 valence electrons. The van der Waals surface area contributed by atoms with Crippen molar-refractivity contribution in [2.45, 2.75) is 11.7 Å². The van der Waals surface area contributed by atoms with Gasteiger partial charge in [0.05, 0.1) is 28.9 Å². The van der Waals surface area contributed by atoms with E-state index in [1.54, 1.807) is 29.0 Å². The Morgan fingerprint density at radius 2 is 1.77 bits per heavy atom. The molecule has 3 aromatic heterocycles. The lowest BCUT2D eigenvalue weighted by Crippen LogP contribution is -2.24. The van der Waals surface area contributed by atoms with Gasteiger partial charge in [0.1, 0.15) is 0 Å². The summed E-state index contributed by atoms with van der Waals surface area (Å²) in [7, 11) is 0. The van der Waals surface area contributed by atoms with Crippen LogP contribution in [-0.2, 0) is 6.54 Å². The number of hydrogen-bond donors (Lipinski definition) is 1. The zero-order valence-corrected chi connectivity index (χ0v) is 16.7. The molecule has 30 heavy (non-hydrogen) atoms. The number of rotatable bonds is 6. The van der Waals surface area contributed by atoms with E-state index in [-0.39, 0.29) is 17.1 Å². The third-order valence-corrected chi connectivity index (χ3v) is 5.82. The molecule has 0 saturated heterocycles. The van der Waals surface area contributed by atoms with Crippen LogP contribution in [0.15, 0.2) is 82.9 Å². The molecule has 2 aromatic carbocycles. The van der Waals surface area contributed by atoms with Crippen molar-refractivity contribution >= 4 is 34.2 Å². The van der Waals surface area contributed by atoms with Gasteiger partial charge in [-0.05, 0) is 29.8 Å². The van der Waals surface area contributed by atoms with Crippen molar-refractivity contribution in [3.05, 3.63) is 94.5 Å². The first kappa shape index (κ1) is 18.4. The highest BCUT2D eigenvalue weighted by atomic mass is 32.2. The maximum Gasteiger partial charge on any atom is 0.263 e.